The quantitative estimate of drug-likeness (QED) is 0.895. The third-order valence-corrected chi connectivity index (χ3v) is 3.57. The predicted molar refractivity (Wildman–Crippen MR) is 69.9 cm³/mol. The zero-order valence-electron chi connectivity index (χ0n) is 9.87. The molecule has 0 aliphatic carbocycles. The summed E-state index contributed by atoms with van der Waals surface area (Å²) in [6.07, 6.45) is 0.684. The molecule has 4 nitrogen and oxygen atoms in total. The lowest BCUT2D eigenvalue weighted by atomic mass is 10.2. The van der Waals surface area contributed by atoms with Crippen LogP contribution in [-0.4, -0.2) is 31.7 Å². The Bertz CT molecular complexity index is 456. The van der Waals surface area contributed by atoms with Crippen LogP contribution in [0.25, 0.3) is 0 Å². The van der Waals surface area contributed by atoms with Gasteiger partial charge in [0, 0.05) is 19.3 Å². The molecule has 1 aliphatic rings. The number of hydrogen-bond donors (Lipinski definition) is 2. The van der Waals surface area contributed by atoms with E-state index in [1.165, 1.54) is 6.07 Å². The normalized spacial score (nSPS) is 23.1. The van der Waals surface area contributed by atoms with Crippen molar-refractivity contribution in [3.8, 4) is 0 Å². The van der Waals surface area contributed by atoms with E-state index in [0.29, 0.717) is 23.1 Å². The molecule has 98 valence electrons. The first-order valence-electron chi connectivity index (χ1n) is 5.62. The average Bonchev–Trinajstić information content (AvgIpc) is 2.82. The van der Waals surface area contributed by atoms with Gasteiger partial charge in [-0.2, -0.15) is 0 Å². The van der Waals surface area contributed by atoms with E-state index in [2.05, 4.69) is 26.6 Å². The highest BCUT2D eigenvalue weighted by molar-refractivity contribution is 9.10. The molecule has 1 aromatic rings. The molecule has 1 aromatic carbocycles. The summed E-state index contributed by atoms with van der Waals surface area (Å²) in [6.45, 7) is 0.656. The molecule has 6 heteroatoms. The fourth-order valence-electron chi connectivity index (χ4n) is 1.89. The fraction of sp³-hybridized carbons (Fsp3) is 0.417. The Labute approximate surface area is 113 Å². The van der Waals surface area contributed by atoms with Crippen molar-refractivity contribution in [3.63, 3.8) is 0 Å². The summed E-state index contributed by atoms with van der Waals surface area (Å²) < 4.78 is 18.8. The molecule has 1 aliphatic heterocycles. The van der Waals surface area contributed by atoms with Gasteiger partial charge in [-0.3, -0.25) is 4.79 Å². The number of methoxy groups -OCH3 is 1. The van der Waals surface area contributed by atoms with Crippen molar-refractivity contribution in [1.82, 2.24) is 5.32 Å². The minimum atomic E-state index is -0.401. The number of anilines is 1. The Kier molecular flexibility index (Phi) is 4.31. The van der Waals surface area contributed by atoms with Crippen LogP contribution in [0, 0.1) is 5.82 Å². The van der Waals surface area contributed by atoms with Gasteiger partial charge in [0.15, 0.2) is 0 Å². The Morgan fingerprint density at radius 2 is 2.39 bits per heavy atom. The Morgan fingerprint density at radius 3 is 3.00 bits per heavy atom. The number of halogens is 2. The van der Waals surface area contributed by atoms with Gasteiger partial charge in [0.05, 0.1) is 16.6 Å². The molecule has 0 spiro atoms. The van der Waals surface area contributed by atoms with Crippen LogP contribution in [0.5, 0.6) is 0 Å². The summed E-state index contributed by atoms with van der Waals surface area (Å²) in [7, 11) is 1.62. The van der Waals surface area contributed by atoms with Gasteiger partial charge < -0.3 is 15.4 Å². The van der Waals surface area contributed by atoms with Gasteiger partial charge in [0.2, 0.25) is 5.91 Å². The van der Waals surface area contributed by atoms with Crippen LogP contribution in [0.15, 0.2) is 22.7 Å². The molecule has 0 bridgehead atoms. The number of nitrogens with one attached hydrogen (secondary N) is 2. The van der Waals surface area contributed by atoms with Crippen molar-refractivity contribution in [1.29, 1.82) is 0 Å². The van der Waals surface area contributed by atoms with Gasteiger partial charge in [0.1, 0.15) is 5.82 Å². The number of amides is 1. The van der Waals surface area contributed by atoms with E-state index in [9.17, 15) is 9.18 Å². The summed E-state index contributed by atoms with van der Waals surface area (Å²) in [5, 5.41) is 5.74. The molecule has 2 N–H and O–H groups in total. The van der Waals surface area contributed by atoms with Crippen molar-refractivity contribution in [2.45, 2.75) is 18.6 Å². The third kappa shape index (κ3) is 3.07. The first-order valence-corrected chi connectivity index (χ1v) is 6.41. The molecule has 1 heterocycles. The average molecular weight is 317 g/mol. The molecule has 18 heavy (non-hydrogen) atoms. The first kappa shape index (κ1) is 13.5. The topological polar surface area (TPSA) is 50.4 Å². The zero-order valence-corrected chi connectivity index (χ0v) is 11.5. The smallest absolute Gasteiger partial charge is 0.241 e. The van der Waals surface area contributed by atoms with Gasteiger partial charge in [0.25, 0.3) is 0 Å². The highest BCUT2D eigenvalue weighted by atomic mass is 79.9. The second kappa shape index (κ2) is 5.77. The van der Waals surface area contributed by atoms with Crippen molar-refractivity contribution < 1.29 is 13.9 Å². The maximum atomic E-state index is 13.3. The SMILES string of the molecule is COC1CNC(C(=O)Nc2ccc(Br)c(F)c2)C1. The van der Waals surface area contributed by atoms with Crippen molar-refractivity contribution in [2.75, 3.05) is 19.0 Å². The van der Waals surface area contributed by atoms with Crippen LogP contribution in [0.1, 0.15) is 6.42 Å². The molecule has 0 radical (unpaired) electrons. The largest absolute Gasteiger partial charge is 0.380 e. The van der Waals surface area contributed by atoms with Crippen LogP contribution < -0.4 is 10.6 Å². The summed E-state index contributed by atoms with van der Waals surface area (Å²) in [6, 6.07) is 4.20. The molecule has 2 atom stereocenters. The summed E-state index contributed by atoms with van der Waals surface area (Å²) in [4.78, 5) is 11.9. The lowest BCUT2D eigenvalue weighted by molar-refractivity contribution is -0.118. The van der Waals surface area contributed by atoms with Crippen molar-refractivity contribution in [2.24, 2.45) is 0 Å². The molecular formula is C12H14BrFN2O2. The zero-order chi connectivity index (χ0) is 13.1. The number of benzene rings is 1. The monoisotopic (exact) mass is 316 g/mol. The maximum absolute atomic E-state index is 13.3. The summed E-state index contributed by atoms with van der Waals surface area (Å²) in [5.74, 6) is -0.571. The fourth-order valence-corrected chi connectivity index (χ4v) is 2.13. The minimum Gasteiger partial charge on any atom is -0.380 e. The minimum absolute atomic E-state index is 0.0578. The molecule has 1 fully saturated rings. The molecule has 2 rings (SSSR count). The first-order chi connectivity index (χ1) is 8.60. The van der Waals surface area contributed by atoms with Crippen LogP contribution in [-0.2, 0) is 9.53 Å². The van der Waals surface area contributed by atoms with Gasteiger partial charge in [-0.1, -0.05) is 0 Å². The standard InChI is InChI=1S/C12H14BrFN2O2/c1-18-8-5-11(15-6-8)12(17)16-7-2-3-9(13)10(14)4-7/h2-4,8,11,15H,5-6H2,1H3,(H,16,17). The van der Waals surface area contributed by atoms with Gasteiger partial charge in [-0.05, 0) is 40.5 Å². The van der Waals surface area contributed by atoms with Crippen LogP contribution in [0.2, 0.25) is 0 Å². The summed E-state index contributed by atoms with van der Waals surface area (Å²) >= 11 is 3.06. The second-order valence-electron chi connectivity index (χ2n) is 4.17. The lowest BCUT2D eigenvalue weighted by Crippen LogP contribution is -2.35. The van der Waals surface area contributed by atoms with E-state index in [4.69, 9.17) is 4.74 Å². The van der Waals surface area contributed by atoms with E-state index < -0.39 is 5.82 Å². The van der Waals surface area contributed by atoms with Crippen molar-refractivity contribution >= 4 is 27.5 Å². The summed E-state index contributed by atoms with van der Waals surface area (Å²) in [5.41, 5.74) is 0.448. The predicted octanol–water partition coefficient (Wildman–Crippen LogP) is 1.90. The van der Waals surface area contributed by atoms with Crippen LogP contribution in [0.3, 0.4) is 0 Å². The molecule has 2 unspecified atom stereocenters. The van der Waals surface area contributed by atoms with Gasteiger partial charge in [-0.25, -0.2) is 4.39 Å². The third-order valence-electron chi connectivity index (χ3n) is 2.93. The van der Waals surface area contributed by atoms with Gasteiger partial charge in [-0.15, -0.1) is 0 Å². The van der Waals surface area contributed by atoms with Crippen LogP contribution >= 0.6 is 15.9 Å². The number of rotatable bonds is 3. The highest BCUT2D eigenvalue weighted by Crippen LogP contribution is 2.20. The van der Waals surface area contributed by atoms with Crippen LogP contribution in [0.4, 0.5) is 10.1 Å². The number of ether oxygens (including phenoxy) is 1. The molecule has 0 aromatic heterocycles. The molecule has 1 amide bonds. The number of carbonyl (C=O) groups excluding carboxylic acids is 1. The van der Waals surface area contributed by atoms with E-state index >= 15 is 0 Å². The lowest BCUT2D eigenvalue weighted by Gasteiger charge is -2.11. The van der Waals surface area contributed by atoms with Gasteiger partial charge >= 0.3 is 0 Å². The Balaban J connectivity index is 1.97. The molecule has 1 saturated heterocycles. The van der Waals surface area contributed by atoms with E-state index in [1.807, 2.05) is 0 Å². The maximum Gasteiger partial charge on any atom is 0.241 e. The number of hydrogen-bond acceptors (Lipinski definition) is 3. The van der Waals surface area contributed by atoms with E-state index in [1.54, 1.807) is 19.2 Å². The van der Waals surface area contributed by atoms with E-state index in [-0.39, 0.29) is 18.1 Å². The highest BCUT2D eigenvalue weighted by Gasteiger charge is 2.29. The molecule has 0 saturated carbocycles. The Hall–Kier alpha value is -0.980. The Morgan fingerprint density at radius 1 is 1.61 bits per heavy atom. The van der Waals surface area contributed by atoms with E-state index in [0.717, 1.165) is 0 Å². The van der Waals surface area contributed by atoms with Crippen molar-refractivity contribution in [3.05, 3.63) is 28.5 Å². The second-order valence-corrected chi connectivity index (χ2v) is 5.03. The molecular weight excluding hydrogens is 303 g/mol. The number of carbonyl (C=O) groups is 1.